The highest BCUT2D eigenvalue weighted by Gasteiger charge is 2.09. The van der Waals surface area contributed by atoms with Gasteiger partial charge in [-0.1, -0.05) is 6.07 Å². The van der Waals surface area contributed by atoms with E-state index in [0.717, 1.165) is 18.2 Å². The average Bonchev–Trinajstić information content (AvgIpc) is 2.26. The Bertz CT molecular complexity index is 466. The second kappa shape index (κ2) is 5.79. The third-order valence-corrected chi connectivity index (χ3v) is 1.92. The van der Waals surface area contributed by atoms with Crippen molar-refractivity contribution in [1.82, 2.24) is 0 Å². The first-order valence-electron chi connectivity index (χ1n) is 4.92. The lowest BCUT2D eigenvalue weighted by Gasteiger charge is -1.99. The first-order chi connectivity index (χ1) is 8.04. The summed E-state index contributed by atoms with van der Waals surface area (Å²) >= 11 is 0. The minimum absolute atomic E-state index is 0.259. The molecule has 0 heterocycles. The van der Waals surface area contributed by atoms with Gasteiger partial charge in [0.15, 0.2) is 0 Å². The fraction of sp³-hybridized carbons (Fsp3) is 0.167. The molecule has 4 nitrogen and oxygen atoms in total. The van der Waals surface area contributed by atoms with Crippen molar-refractivity contribution in [3.63, 3.8) is 0 Å². The van der Waals surface area contributed by atoms with E-state index < -0.39 is 23.3 Å². The van der Waals surface area contributed by atoms with Crippen molar-refractivity contribution in [2.45, 2.75) is 6.92 Å². The number of carbonyl (C=O) groups is 2. The van der Waals surface area contributed by atoms with Crippen LogP contribution in [0.5, 0.6) is 0 Å². The molecule has 0 saturated heterocycles. The summed E-state index contributed by atoms with van der Waals surface area (Å²) < 4.78 is 17.9. The first-order valence-corrected chi connectivity index (χ1v) is 4.92. The topological polar surface area (TPSA) is 63.6 Å². The lowest BCUT2D eigenvalue weighted by molar-refractivity contribution is -0.137. The second-order valence-electron chi connectivity index (χ2n) is 3.13. The molecule has 0 unspecified atom stereocenters. The summed E-state index contributed by atoms with van der Waals surface area (Å²) in [5.41, 5.74) is -0.0150. The number of ether oxygens (including phenoxy) is 1. The number of benzene rings is 1. The standard InChI is InChI=1S/C12H11FO4/c1-2-17-11(14)6-4-8-3-5-9(12(15)16)10(13)7-8/h3-7H,2H2,1H3,(H,15,16)/b6-4+. The van der Waals surface area contributed by atoms with Crippen molar-refractivity contribution < 1.29 is 23.8 Å². The van der Waals surface area contributed by atoms with Crippen LogP contribution in [0.1, 0.15) is 22.8 Å². The van der Waals surface area contributed by atoms with Crippen molar-refractivity contribution in [3.05, 3.63) is 41.2 Å². The Labute approximate surface area is 97.3 Å². The van der Waals surface area contributed by atoms with Gasteiger partial charge in [-0.2, -0.15) is 0 Å². The largest absolute Gasteiger partial charge is 0.478 e. The van der Waals surface area contributed by atoms with Gasteiger partial charge in [-0.3, -0.25) is 0 Å². The molecule has 0 atom stereocenters. The van der Waals surface area contributed by atoms with Crippen LogP contribution in [0.4, 0.5) is 4.39 Å². The molecule has 90 valence electrons. The third kappa shape index (κ3) is 3.71. The number of hydrogen-bond acceptors (Lipinski definition) is 3. The van der Waals surface area contributed by atoms with E-state index in [2.05, 4.69) is 4.74 Å². The predicted molar refractivity (Wildman–Crippen MR) is 59.0 cm³/mol. The number of aromatic carboxylic acids is 1. The Morgan fingerprint density at radius 1 is 1.47 bits per heavy atom. The molecule has 1 rings (SSSR count). The molecule has 0 radical (unpaired) electrons. The fourth-order valence-electron chi connectivity index (χ4n) is 1.16. The van der Waals surface area contributed by atoms with E-state index in [-0.39, 0.29) is 6.61 Å². The SMILES string of the molecule is CCOC(=O)/C=C/c1ccc(C(=O)O)c(F)c1. The van der Waals surface area contributed by atoms with E-state index in [0.29, 0.717) is 5.56 Å². The van der Waals surface area contributed by atoms with E-state index in [1.807, 2.05) is 0 Å². The Morgan fingerprint density at radius 3 is 2.71 bits per heavy atom. The number of rotatable bonds is 4. The maximum atomic E-state index is 13.2. The van der Waals surface area contributed by atoms with E-state index in [4.69, 9.17) is 5.11 Å². The number of hydrogen-bond donors (Lipinski definition) is 1. The number of carboxylic acids is 1. The summed E-state index contributed by atoms with van der Waals surface area (Å²) in [4.78, 5) is 21.5. The van der Waals surface area contributed by atoms with E-state index in [1.165, 1.54) is 12.1 Å². The molecule has 1 aromatic carbocycles. The van der Waals surface area contributed by atoms with Gasteiger partial charge >= 0.3 is 11.9 Å². The lowest BCUT2D eigenvalue weighted by Crippen LogP contribution is -2.01. The molecule has 0 aliphatic rings. The Balaban J connectivity index is 2.84. The summed E-state index contributed by atoms with van der Waals surface area (Å²) in [7, 11) is 0. The van der Waals surface area contributed by atoms with Gasteiger partial charge in [-0.15, -0.1) is 0 Å². The first kappa shape index (κ1) is 12.9. The van der Waals surface area contributed by atoms with Crippen molar-refractivity contribution >= 4 is 18.0 Å². The van der Waals surface area contributed by atoms with Crippen LogP contribution in [0.15, 0.2) is 24.3 Å². The fourth-order valence-corrected chi connectivity index (χ4v) is 1.16. The molecule has 1 N–H and O–H groups in total. The van der Waals surface area contributed by atoms with Gasteiger partial charge in [-0.05, 0) is 30.7 Å². The molecule has 0 fully saturated rings. The van der Waals surface area contributed by atoms with Crippen LogP contribution >= 0.6 is 0 Å². The van der Waals surface area contributed by atoms with Crippen LogP contribution in [-0.2, 0) is 9.53 Å². The highest BCUT2D eigenvalue weighted by atomic mass is 19.1. The molecule has 0 aliphatic heterocycles. The minimum atomic E-state index is -1.33. The summed E-state index contributed by atoms with van der Waals surface area (Å²) in [5, 5.41) is 8.61. The summed E-state index contributed by atoms with van der Waals surface area (Å²) in [6, 6.07) is 3.59. The van der Waals surface area contributed by atoms with Gasteiger partial charge in [0.25, 0.3) is 0 Å². The molecule has 5 heteroatoms. The number of halogens is 1. The Morgan fingerprint density at radius 2 is 2.18 bits per heavy atom. The van der Waals surface area contributed by atoms with Crippen LogP contribution in [-0.4, -0.2) is 23.7 Å². The Hall–Kier alpha value is -2.17. The van der Waals surface area contributed by atoms with E-state index in [9.17, 15) is 14.0 Å². The van der Waals surface area contributed by atoms with E-state index >= 15 is 0 Å². The molecular weight excluding hydrogens is 227 g/mol. The van der Waals surface area contributed by atoms with Crippen LogP contribution in [0, 0.1) is 5.82 Å². The van der Waals surface area contributed by atoms with E-state index in [1.54, 1.807) is 6.92 Å². The van der Waals surface area contributed by atoms with Gasteiger partial charge in [0.1, 0.15) is 5.82 Å². The Kier molecular flexibility index (Phi) is 4.39. The highest BCUT2D eigenvalue weighted by Crippen LogP contribution is 2.11. The summed E-state index contributed by atoms with van der Waals surface area (Å²) in [5.74, 6) is -2.71. The molecule has 0 bridgehead atoms. The number of carboxylic acid groups (broad SMARTS) is 1. The zero-order valence-corrected chi connectivity index (χ0v) is 9.14. The van der Waals surface area contributed by atoms with Gasteiger partial charge in [0, 0.05) is 6.08 Å². The van der Waals surface area contributed by atoms with Crippen molar-refractivity contribution in [2.75, 3.05) is 6.61 Å². The van der Waals surface area contributed by atoms with Crippen LogP contribution < -0.4 is 0 Å². The average molecular weight is 238 g/mol. The molecular formula is C12H11FO4. The van der Waals surface area contributed by atoms with Crippen molar-refractivity contribution in [2.24, 2.45) is 0 Å². The van der Waals surface area contributed by atoms with Crippen LogP contribution in [0.3, 0.4) is 0 Å². The van der Waals surface area contributed by atoms with Crippen molar-refractivity contribution in [1.29, 1.82) is 0 Å². The molecule has 0 saturated carbocycles. The van der Waals surface area contributed by atoms with Crippen molar-refractivity contribution in [3.8, 4) is 0 Å². The van der Waals surface area contributed by atoms with Gasteiger partial charge in [-0.25, -0.2) is 14.0 Å². The van der Waals surface area contributed by atoms with Gasteiger partial charge in [0.2, 0.25) is 0 Å². The molecule has 1 aromatic rings. The molecule has 0 aliphatic carbocycles. The smallest absolute Gasteiger partial charge is 0.338 e. The third-order valence-electron chi connectivity index (χ3n) is 1.92. The lowest BCUT2D eigenvalue weighted by atomic mass is 10.1. The summed E-state index contributed by atoms with van der Waals surface area (Å²) in [6.07, 6.45) is 2.51. The summed E-state index contributed by atoms with van der Waals surface area (Å²) in [6.45, 7) is 1.93. The molecule has 0 spiro atoms. The van der Waals surface area contributed by atoms with Gasteiger partial charge < -0.3 is 9.84 Å². The predicted octanol–water partition coefficient (Wildman–Crippen LogP) is 2.10. The second-order valence-corrected chi connectivity index (χ2v) is 3.13. The zero-order chi connectivity index (χ0) is 12.8. The molecule has 17 heavy (non-hydrogen) atoms. The maximum absolute atomic E-state index is 13.2. The molecule has 0 amide bonds. The van der Waals surface area contributed by atoms with Gasteiger partial charge in [0.05, 0.1) is 12.2 Å². The minimum Gasteiger partial charge on any atom is -0.478 e. The maximum Gasteiger partial charge on any atom is 0.338 e. The van der Waals surface area contributed by atoms with Crippen LogP contribution in [0.25, 0.3) is 6.08 Å². The highest BCUT2D eigenvalue weighted by molar-refractivity contribution is 5.89. The zero-order valence-electron chi connectivity index (χ0n) is 9.14. The molecule has 0 aromatic heterocycles. The normalized spacial score (nSPS) is 10.5. The number of carbonyl (C=O) groups excluding carboxylic acids is 1. The van der Waals surface area contributed by atoms with Crippen LogP contribution in [0.2, 0.25) is 0 Å². The quantitative estimate of drug-likeness (QED) is 0.644. The number of esters is 1. The monoisotopic (exact) mass is 238 g/mol.